The Hall–Kier alpha value is -3.98. The Labute approximate surface area is 277 Å². The van der Waals surface area contributed by atoms with E-state index in [0.717, 1.165) is 36.0 Å². The summed E-state index contributed by atoms with van der Waals surface area (Å²) < 4.78 is 30.9. The molecule has 1 heterocycles. The fraction of sp³-hybridized carbons (Fsp3) is 0.417. The number of benzene rings is 3. The Morgan fingerprint density at radius 1 is 0.787 bits per heavy atom. The number of rotatable bonds is 18. The van der Waals surface area contributed by atoms with Gasteiger partial charge in [0.25, 0.3) is 7.52 Å². The molecule has 252 valence electrons. The molecule has 1 aliphatic heterocycles. The molecule has 1 saturated heterocycles. The van der Waals surface area contributed by atoms with E-state index in [0.29, 0.717) is 32.4 Å². The predicted molar refractivity (Wildman–Crippen MR) is 180 cm³/mol. The van der Waals surface area contributed by atoms with E-state index in [9.17, 15) is 18.9 Å². The molecule has 0 aromatic heterocycles. The first kappa shape index (κ1) is 35.9. The van der Waals surface area contributed by atoms with Crippen LogP contribution in [0, 0.1) is 0 Å². The maximum atomic E-state index is 14.1. The van der Waals surface area contributed by atoms with Crippen LogP contribution in [0.4, 0.5) is 4.79 Å². The molecule has 11 heteroatoms. The lowest BCUT2D eigenvalue weighted by atomic mass is 10.2. The van der Waals surface area contributed by atoms with Crippen LogP contribution >= 0.6 is 7.52 Å². The zero-order valence-electron chi connectivity index (χ0n) is 27.1. The van der Waals surface area contributed by atoms with Gasteiger partial charge in [0.15, 0.2) is 0 Å². The van der Waals surface area contributed by atoms with Crippen molar-refractivity contribution in [2.75, 3.05) is 19.3 Å². The largest absolute Gasteiger partial charge is 0.459 e. The molecule has 3 aromatic carbocycles. The predicted octanol–water partition coefficient (Wildman–Crippen LogP) is 6.60. The Morgan fingerprint density at radius 3 is 1.96 bits per heavy atom. The maximum absolute atomic E-state index is 14.1. The second kappa shape index (κ2) is 19.0. The number of esters is 1. The van der Waals surface area contributed by atoms with E-state index >= 15 is 0 Å². The molecule has 47 heavy (non-hydrogen) atoms. The highest BCUT2D eigenvalue weighted by molar-refractivity contribution is 7.56. The zero-order chi connectivity index (χ0) is 33.3. The van der Waals surface area contributed by atoms with Gasteiger partial charge in [0, 0.05) is 19.3 Å². The van der Waals surface area contributed by atoms with Gasteiger partial charge >= 0.3 is 12.1 Å². The Bertz CT molecular complexity index is 1440. The summed E-state index contributed by atoms with van der Waals surface area (Å²) in [6, 6.07) is 26.9. The van der Waals surface area contributed by atoms with Crippen LogP contribution in [0.15, 0.2) is 91.0 Å². The number of unbranched alkanes of at least 4 members (excludes halogenated alkanes) is 3. The minimum Gasteiger partial charge on any atom is -0.459 e. The maximum Gasteiger partial charge on any atom is 0.407 e. The standard InChI is InChI=1S/C36H46N3O7P/c1-29(34(40)39-24-15-22-33(39)35(41)44-26-30-16-7-4-8-17-30)38-47(43,46-28-32-20-11-6-12-21-32)25-14-3-2-13-23-37-36(42)45-27-31-18-9-5-10-19-31/h4-12,16-21,29,33H,2-3,13-15,22-28H2,1H3,(H,37,42)(H,38,43)/t29-,33-,47?/m0/s1. The lowest BCUT2D eigenvalue weighted by molar-refractivity contribution is -0.154. The SMILES string of the molecule is C[C@H](NP(=O)(CCCCCCNC(=O)OCc1ccccc1)OCc1ccccc1)C(=O)N1CCC[C@H]1C(=O)OCc1ccccc1. The van der Waals surface area contributed by atoms with Crippen molar-refractivity contribution in [3.63, 3.8) is 0 Å². The Morgan fingerprint density at radius 2 is 1.34 bits per heavy atom. The quantitative estimate of drug-likeness (QED) is 0.0888. The first-order valence-corrected chi connectivity index (χ1v) is 18.1. The van der Waals surface area contributed by atoms with Crippen molar-refractivity contribution in [2.45, 2.75) is 77.4 Å². The third kappa shape index (κ3) is 12.3. The van der Waals surface area contributed by atoms with Crippen LogP contribution in [0.3, 0.4) is 0 Å². The van der Waals surface area contributed by atoms with Crippen LogP contribution in [-0.4, -0.2) is 54.2 Å². The normalized spacial score (nSPS) is 16.2. The van der Waals surface area contributed by atoms with Crippen molar-refractivity contribution in [3.8, 4) is 0 Å². The van der Waals surface area contributed by atoms with E-state index in [4.69, 9.17) is 14.0 Å². The molecule has 2 amide bonds. The van der Waals surface area contributed by atoms with Crippen molar-refractivity contribution in [1.29, 1.82) is 0 Å². The molecule has 0 spiro atoms. The molecule has 0 aliphatic carbocycles. The number of carbonyl (C=O) groups is 3. The van der Waals surface area contributed by atoms with Crippen LogP contribution in [-0.2, 0) is 48.0 Å². The molecule has 3 atom stereocenters. The second-order valence-electron chi connectivity index (χ2n) is 11.7. The molecular formula is C36H46N3O7P. The first-order valence-electron chi connectivity index (χ1n) is 16.3. The third-order valence-corrected chi connectivity index (χ3v) is 10.2. The lowest BCUT2D eigenvalue weighted by Gasteiger charge is -2.29. The molecule has 10 nitrogen and oxygen atoms in total. The van der Waals surface area contributed by atoms with Gasteiger partial charge in [-0.1, -0.05) is 104 Å². The highest BCUT2D eigenvalue weighted by atomic mass is 31.2. The molecule has 4 rings (SSSR count). The molecule has 1 fully saturated rings. The molecule has 0 radical (unpaired) electrons. The molecule has 3 aromatic rings. The Balaban J connectivity index is 1.24. The first-order chi connectivity index (χ1) is 22.8. The second-order valence-corrected chi connectivity index (χ2v) is 14.0. The van der Waals surface area contributed by atoms with Gasteiger partial charge in [-0.25, -0.2) is 14.7 Å². The van der Waals surface area contributed by atoms with Gasteiger partial charge in [0.1, 0.15) is 19.3 Å². The van der Waals surface area contributed by atoms with Crippen LogP contribution in [0.5, 0.6) is 0 Å². The van der Waals surface area contributed by atoms with E-state index in [1.54, 1.807) is 6.92 Å². The van der Waals surface area contributed by atoms with Crippen molar-refractivity contribution >= 4 is 25.5 Å². The lowest BCUT2D eigenvalue weighted by Crippen LogP contribution is -2.49. The molecule has 0 bridgehead atoms. The highest BCUT2D eigenvalue weighted by Gasteiger charge is 2.39. The summed E-state index contributed by atoms with van der Waals surface area (Å²) in [4.78, 5) is 40.0. The molecule has 1 aliphatic rings. The van der Waals surface area contributed by atoms with Crippen molar-refractivity contribution in [2.24, 2.45) is 0 Å². The van der Waals surface area contributed by atoms with Crippen LogP contribution in [0.1, 0.15) is 62.1 Å². The summed E-state index contributed by atoms with van der Waals surface area (Å²) >= 11 is 0. The van der Waals surface area contributed by atoms with Crippen LogP contribution < -0.4 is 10.4 Å². The monoisotopic (exact) mass is 663 g/mol. The van der Waals surface area contributed by atoms with E-state index < -0.39 is 31.7 Å². The van der Waals surface area contributed by atoms with Gasteiger partial charge in [0.05, 0.1) is 12.6 Å². The molecule has 0 saturated carbocycles. The minimum atomic E-state index is -3.44. The fourth-order valence-electron chi connectivity index (χ4n) is 5.38. The van der Waals surface area contributed by atoms with E-state index in [1.165, 1.54) is 4.90 Å². The van der Waals surface area contributed by atoms with E-state index in [-0.39, 0.29) is 31.9 Å². The van der Waals surface area contributed by atoms with Crippen molar-refractivity contribution in [3.05, 3.63) is 108 Å². The van der Waals surface area contributed by atoms with Gasteiger partial charge in [-0.15, -0.1) is 0 Å². The van der Waals surface area contributed by atoms with Crippen molar-refractivity contribution in [1.82, 2.24) is 15.3 Å². The van der Waals surface area contributed by atoms with E-state index in [2.05, 4.69) is 10.4 Å². The summed E-state index contributed by atoms with van der Waals surface area (Å²) in [7, 11) is -3.44. The summed E-state index contributed by atoms with van der Waals surface area (Å²) in [6.07, 6.45) is 3.93. The fourth-order valence-corrected chi connectivity index (χ4v) is 7.41. The number of alkyl carbamates (subject to hydrolysis) is 1. The topological polar surface area (TPSA) is 123 Å². The molecule has 1 unspecified atom stereocenters. The summed E-state index contributed by atoms with van der Waals surface area (Å²) in [5, 5.41) is 5.78. The number of hydrogen-bond acceptors (Lipinski definition) is 7. The smallest absolute Gasteiger partial charge is 0.407 e. The average Bonchev–Trinajstić information content (AvgIpc) is 3.60. The van der Waals surface area contributed by atoms with Gasteiger partial charge in [-0.3, -0.25) is 9.36 Å². The van der Waals surface area contributed by atoms with Gasteiger partial charge < -0.3 is 24.2 Å². The van der Waals surface area contributed by atoms with Crippen LogP contribution in [0.2, 0.25) is 0 Å². The number of ether oxygens (including phenoxy) is 2. The van der Waals surface area contributed by atoms with Crippen molar-refractivity contribution < 1.29 is 32.9 Å². The van der Waals surface area contributed by atoms with Gasteiger partial charge in [0.2, 0.25) is 5.91 Å². The summed E-state index contributed by atoms with van der Waals surface area (Å²) in [5.74, 6) is -0.743. The number of hydrogen-bond donors (Lipinski definition) is 2. The van der Waals surface area contributed by atoms with Gasteiger partial charge in [-0.2, -0.15) is 0 Å². The molecule has 2 N–H and O–H groups in total. The number of carbonyl (C=O) groups excluding carboxylic acids is 3. The number of likely N-dealkylation sites (tertiary alicyclic amines) is 1. The third-order valence-electron chi connectivity index (χ3n) is 7.94. The summed E-state index contributed by atoms with van der Waals surface area (Å²) in [5.41, 5.74) is 2.67. The average molecular weight is 664 g/mol. The highest BCUT2D eigenvalue weighted by Crippen LogP contribution is 2.45. The molecular weight excluding hydrogens is 617 g/mol. The number of amides is 2. The summed E-state index contributed by atoms with van der Waals surface area (Å²) in [6.45, 7) is 3.06. The number of nitrogens with zero attached hydrogens (tertiary/aromatic N) is 1. The minimum absolute atomic E-state index is 0.138. The van der Waals surface area contributed by atoms with Gasteiger partial charge in [-0.05, 0) is 49.3 Å². The number of nitrogens with one attached hydrogen (secondary N) is 2. The Kier molecular flexibility index (Phi) is 14.5. The van der Waals surface area contributed by atoms with E-state index in [1.807, 2.05) is 91.0 Å². The van der Waals surface area contributed by atoms with Crippen LogP contribution in [0.25, 0.3) is 0 Å². The zero-order valence-corrected chi connectivity index (χ0v) is 27.9.